The summed E-state index contributed by atoms with van der Waals surface area (Å²) in [4.78, 5) is 8.36. The Morgan fingerprint density at radius 3 is 2.71 bits per heavy atom. The number of nitrogens with two attached hydrogens (primary N) is 1. The standard InChI is InChI=1S/C10H13N.CH2O2/c11-10-7-3-5-8-4-1-2-6-9(8)10;2-1-3/h1-2,4,6,10H,3,5,7,11H2;1H,(H,2,3). The first kappa shape index (κ1) is 10.7. The van der Waals surface area contributed by atoms with Gasteiger partial charge in [-0.15, -0.1) is 0 Å². The van der Waals surface area contributed by atoms with Crippen LogP contribution in [0.2, 0.25) is 0 Å². The van der Waals surface area contributed by atoms with E-state index in [1.165, 1.54) is 24.0 Å². The molecule has 3 N–H and O–H groups in total. The SMILES string of the molecule is NC1CCCc2ccccc21.O=CO. The minimum absolute atomic E-state index is 0.250. The molecule has 0 saturated carbocycles. The molecule has 76 valence electrons. The summed E-state index contributed by atoms with van der Waals surface area (Å²) in [5, 5.41) is 6.89. The van der Waals surface area contributed by atoms with Crippen molar-refractivity contribution in [2.24, 2.45) is 5.73 Å². The summed E-state index contributed by atoms with van der Waals surface area (Å²) in [5.74, 6) is 0. The van der Waals surface area contributed by atoms with E-state index in [1.807, 2.05) is 0 Å². The van der Waals surface area contributed by atoms with Crippen LogP contribution in [0.5, 0.6) is 0 Å². The fraction of sp³-hybridized carbons (Fsp3) is 0.364. The molecule has 0 fully saturated rings. The van der Waals surface area contributed by atoms with Crippen molar-refractivity contribution in [2.45, 2.75) is 25.3 Å². The molecular formula is C11H15NO2. The average molecular weight is 193 g/mol. The highest BCUT2D eigenvalue weighted by atomic mass is 16.3. The lowest BCUT2D eigenvalue weighted by atomic mass is 9.88. The van der Waals surface area contributed by atoms with Crippen molar-refractivity contribution >= 4 is 6.47 Å². The number of aryl methyl sites for hydroxylation is 1. The van der Waals surface area contributed by atoms with Crippen molar-refractivity contribution in [3.05, 3.63) is 35.4 Å². The van der Waals surface area contributed by atoms with Crippen LogP contribution in [0.1, 0.15) is 30.0 Å². The van der Waals surface area contributed by atoms with Gasteiger partial charge in [-0.1, -0.05) is 24.3 Å². The second kappa shape index (κ2) is 5.40. The highest BCUT2D eigenvalue weighted by Crippen LogP contribution is 2.26. The second-order valence-electron chi connectivity index (χ2n) is 3.30. The molecule has 0 spiro atoms. The lowest BCUT2D eigenvalue weighted by Crippen LogP contribution is -2.16. The van der Waals surface area contributed by atoms with Crippen LogP contribution >= 0.6 is 0 Å². The maximum Gasteiger partial charge on any atom is 0.290 e. The van der Waals surface area contributed by atoms with Crippen molar-refractivity contribution in [2.75, 3.05) is 0 Å². The lowest BCUT2D eigenvalue weighted by Gasteiger charge is -2.21. The van der Waals surface area contributed by atoms with E-state index in [0.717, 1.165) is 6.42 Å². The first-order valence-corrected chi connectivity index (χ1v) is 4.71. The second-order valence-corrected chi connectivity index (χ2v) is 3.30. The Kier molecular flexibility index (Phi) is 4.13. The van der Waals surface area contributed by atoms with E-state index in [9.17, 15) is 0 Å². The lowest BCUT2D eigenvalue weighted by molar-refractivity contribution is -0.122. The van der Waals surface area contributed by atoms with Crippen LogP contribution in [0.25, 0.3) is 0 Å². The molecule has 1 aliphatic rings. The Balaban J connectivity index is 0.000000293. The molecule has 0 bridgehead atoms. The van der Waals surface area contributed by atoms with E-state index in [2.05, 4.69) is 24.3 Å². The Morgan fingerprint density at radius 1 is 1.43 bits per heavy atom. The van der Waals surface area contributed by atoms with Gasteiger partial charge < -0.3 is 10.8 Å². The van der Waals surface area contributed by atoms with Crippen LogP contribution in [0.3, 0.4) is 0 Å². The van der Waals surface area contributed by atoms with Gasteiger partial charge in [-0.05, 0) is 30.4 Å². The van der Waals surface area contributed by atoms with Gasteiger partial charge in [0.2, 0.25) is 0 Å². The number of fused-ring (bicyclic) bond motifs is 1. The molecule has 0 aliphatic heterocycles. The van der Waals surface area contributed by atoms with Crippen LogP contribution in [0.15, 0.2) is 24.3 Å². The molecule has 0 heterocycles. The van der Waals surface area contributed by atoms with E-state index in [-0.39, 0.29) is 6.47 Å². The summed E-state index contributed by atoms with van der Waals surface area (Å²) in [7, 11) is 0. The van der Waals surface area contributed by atoms with Gasteiger partial charge in [0.1, 0.15) is 0 Å². The highest BCUT2D eigenvalue weighted by molar-refractivity contribution is 5.32. The zero-order valence-corrected chi connectivity index (χ0v) is 8.02. The van der Waals surface area contributed by atoms with Gasteiger partial charge in [0.05, 0.1) is 0 Å². The van der Waals surface area contributed by atoms with Gasteiger partial charge in [0, 0.05) is 6.04 Å². The molecule has 3 nitrogen and oxygen atoms in total. The van der Waals surface area contributed by atoms with Gasteiger partial charge in [0.25, 0.3) is 6.47 Å². The molecule has 3 heteroatoms. The largest absolute Gasteiger partial charge is 0.483 e. The van der Waals surface area contributed by atoms with E-state index in [4.69, 9.17) is 15.6 Å². The van der Waals surface area contributed by atoms with E-state index < -0.39 is 0 Å². The Morgan fingerprint density at radius 2 is 2.07 bits per heavy atom. The van der Waals surface area contributed by atoms with Crippen molar-refractivity contribution < 1.29 is 9.90 Å². The number of carboxylic acid groups (broad SMARTS) is 1. The van der Waals surface area contributed by atoms with E-state index >= 15 is 0 Å². The first-order chi connectivity index (χ1) is 6.79. The van der Waals surface area contributed by atoms with E-state index in [1.54, 1.807) is 0 Å². The Bertz CT molecular complexity index is 299. The number of hydrogen-bond donors (Lipinski definition) is 2. The molecular weight excluding hydrogens is 178 g/mol. The normalized spacial score (nSPS) is 18.8. The average Bonchev–Trinajstić information content (AvgIpc) is 2.20. The predicted octanol–water partition coefficient (Wildman–Crippen LogP) is 1.72. The summed E-state index contributed by atoms with van der Waals surface area (Å²) in [6, 6.07) is 8.80. The monoisotopic (exact) mass is 193 g/mol. The summed E-state index contributed by atoms with van der Waals surface area (Å²) < 4.78 is 0. The van der Waals surface area contributed by atoms with Gasteiger partial charge in [-0.25, -0.2) is 0 Å². The van der Waals surface area contributed by atoms with Crippen molar-refractivity contribution in [1.82, 2.24) is 0 Å². The molecule has 1 aromatic carbocycles. The minimum Gasteiger partial charge on any atom is -0.483 e. The summed E-state index contributed by atoms with van der Waals surface area (Å²) >= 11 is 0. The number of benzene rings is 1. The predicted molar refractivity (Wildman–Crippen MR) is 55.0 cm³/mol. The smallest absolute Gasteiger partial charge is 0.290 e. The molecule has 1 aromatic rings. The fourth-order valence-electron chi connectivity index (χ4n) is 1.79. The molecule has 2 rings (SSSR count). The van der Waals surface area contributed by atoms with Crippen LogP contribution in [0.4, 0.5) is 0 Å². The third kappa shape index (κ3) is 2.57. The summed E-state index contributed by atoms with van der Waals surface area (Å²) in [6.07, 6.45) is 3.61. The third-order valence-electron chi connectivity index (χ3n) is 2.42. The zero-order chi connectivity index (χ0) is 10.4. The van der Waals surface area contributed by atoms with Gasteiger partial charge in [0.15, 0.2) is 0 Å². The molecule has 14 heavy (non-hydrogen) atoms. The topological polar surface area (TPSA) is 63.3 Å². The van der Waals surface area contributed by atoms with Crippen molar-refractivity contribution in [1.29, 1.82) is 0 Å². The van der Waals surface area contributed by atoms with Crippen LogP contribution in [0, 0.1) is 0 Å². The van der Waals surface area contributed by atoms with Crippen molar-refractivity contribution in [3.63, 3.8) is 0 Å². The van der Waals surface area contributed by atoms with Crippen LogP contribution < -0.4 is 5.73 Å². The fourth-order valence-corrected chi connectivity index (χ4v) is 1.79. The molecule has 0 radical (unpaired) electrons. The molecule has 0 aromatic heterocycles. The third-order valence-corrected chi connectivity index (χ3v) is 2.42. The maximum absolute atomic E-state index is 8.36. The Hall–Kier alpha value is -1.35. The van der Waals surface area contributed by atoms with Gasteiger partial charge >= 0.3 is 0 Å². The Labute approximate surface area is 83.6 Å². The minimum atomic E-state index is -0.250. The number of carbonyl (C=O) groups is 1. The summed E-state index contributed by atoms with van der Waals surface area (Å²) in [6.45, 7) is -0.250. The number of rotatable bonds is 0. The highest BCUT2D eigenvalue weighted by Gasteiger charge is 2.14. The molecule has 1 unspecified atom stereocenters. The van der Waals surface area contributed by atoms with Crippen LogP contribution in [-0.4, -0.2) is 11.6 Å². The quantitative estimate of drug-likeness (QED) is 0.617. The van der Waals surface area contributed by atoms with Gasteiger partial charge in [-0.2, -0.15) is 0 Å². The molecule has 0 saturated heterocycles. The van der Waals surface area contributed by atoms with Crippen LogP contribution in [-0.2, 0) is 11.2 Å². The van der Waals surface area contributed by atoms with Crippen molar-refractivity contribution in [3.8, 4) is 0 Å². The molecule has 1 aliphatic carbocycles. The molecule has 0 amide bonds. The molecule has 1 atom stereocenters. The zero-order valence-electron chi connectivity index (χ0n) is 8.02. The first-order valence-electron chi connectivity index (χ1n) is 4.71. The number of hydrogen-bond acceptors (Lipinski definition) is 2. The maximum atomic E-state index is 8.36. The van der Waals surface area contributed by atoms with Gasteiger partial charge in [-0.3, -0.25) is 4.79 Å². The summed E-state index contributed by atoms with van der Waals surface area (Å²) in [5.41, 5.74) is 8.76. The van der Waals surface area contributed by atoms with E-state index in [0.29, 0.717) is 6.04 Å².